The van der Waals surface area contributed by atoms with E-state index < -0.39 is 0 Å². The number of carbonyl (C=O) groups is 1. The lowest BCUT2D eigenvalue weighted by Gasteiger charge is -2.43. The molecule has 4 rings (SSSR count). The molecule has 0 unspecified atom stereocenters. The number of fused-ring (bicyclic) bond motifs is 1. The number of amides is 1. The van der Waals surface area contributed by atoms with E-state index in [0.717, 1.165) is 25.3 Å². The zero-order valence-corrected chi connectivity index (χ0v) is 21.7. The molecule has 1 fully saturated rings. The quantitative estimate of drug-likeness (QED) is 0.639. The fourth-order valence-electron chi connectivity index (χ4n) is 4.24. The fraction of sp³-hybridized carbons (Fsp3) is 0.615. The number of ether oxygens (including phenoxy) is 1. The summed E-state index contributed by atoms with van der Waals surface area (Å²) in [6.07, 6.45) is 5.42. The van der Waals surface area contributed by atoms with Crippen molar-refractivity contribution in [1.82, 2.24) is 14.9 Å². The molecular weight excluding hydrogens is 430 g/mol. The van der Waals surface area contributed by atoms with Crippen molar-refractivity contribution < 1.29 is 13.9 Å². The normalized spacial score (nSPS) is 18.8. The third kappa shape index (κ3) is 6.35. The second-order valence-electron chi connectivity index (χ2n) is 9.77. The smallest absolute Gasteiger partial charge is 0.291 e. The maximum atomic E-state index is 13.0. The second-order valence-corrected chi connectivity index (χ2v) is 9.77. The Morgan fingerprint density at radius 2 is 1.91 bits per heavy atom. The first kappa shape index (κ1) is 27.3. The van der Waals surface area contributed by atoms with Crippen molar-refractivity contribution in [2.24, 2.45) is 5.92 Å². The maximum Gasteiger partial charge on any atom is 0.291 e. The number of nitrogens with zero attached hydrogens (tertiary/aromatic N) is 5. The van der Waals surface area contributed by atoms with Crippen LogP contribution in [-0.2, 0) is 17.8 Å². The van der Waals surface area contributed by atoms with Crippen molar-refractivity contribution in [2.45, 2.75) is 79.6 Å². The molecule has 1 amide bonds. The van der Waals surface area contributed by atoms with Gasteiger partial charge in [0.1, 0.15) is 5.82 Å². The number of nitriles is 1. The van der Waals surface area contributed by atoms with Gasteiger partial charge in [0.2, 0.25) is 5.76 Å². The summed E-state index contributed by atoms with van der Waals surface area (Å²) in [5.74, 6) is 1.57. The van der Waals surface area contributed by atoms with Crippen LogP contribution in [0.3, 0.4) is 0 Å². The highest BCUT2D eigenvalue weighted by atomic mass is 16.5. The molecule has 0 aliphatic carbocycles. The molecule has 34 heavy (non-hydrogen) atoms. The number of piperazine rings is 1. The molecule has 1 atom stereocenters. The second kappa shape index (κ2) is 12.0. The SMILES string of the molecule is C#N.CCC.Cc1ncoc1C(=O)N1CCN(c2cc3c(cn2)COC(C)(C)C3)C[C@H]1C(C)C. The van der Waals surface area contributed by atoms with Crippen LogP contribution >= 0.6 is 0 Å². The molecule has 4 heterocycles. The molecule has 2 aliphatic rings. The van der Waals surface area contributed by atoms with E-state index in [1.807, 2.05) is 11.1 Å². The summed E-state index contributed by atoms with van der Waals surface area (Å²) in [5, 5.41) is 6.50. The van der Waals surface area contributed by atoms with Crippen molar-refractivity contribution in [2.75, 3.05) is 24.5 Å². The molecule has 0 bridgehead atoms. The van der Waals surface area contributed by atoms with Gasteiger partial charge in [-0.25, -0.2) is 15.2 Å². The highest BCUT2D eigenvalue weighted by Crippen LogP contribution is 2.31. The number of oxazole rings is 1. The molecule has 186 valence electrons. The predicted molar refractivity (Wildman–Crippen MR) is 133 cm³/mol. The maximum absolute atomic E-state index is 13.0. The van der Waals surface area contributed by atoms with Crippen molar-refractivity contribution in [3.05, 3.63) is 41.2 Å². The topological polar surface area (TPSA) is 95.5 Å². The van der Waals surface area contributed by atoms with E-state index in [-0.39, 0.29) is 17.6 Å². The van der Waals surface area contributed by atoms with E-state index in [9.17, 15) is 4.79 Å². The minimum Gasteiger partial charge on any atom is -0.438 e. The van der Waals surface area contributed by atoms with Gasteiger partial charge in [-0.2, -0.15) is 0 Å². The van der Waals surface area contributed by atoms with Crippen molar-refractivity contribution in [3.8, 4) is 6.57 Å². The van der Waals surface area contributed by atoms with Gasteiger partial charge in [0.15, 0.2) is 6.39 Å². The van der Waals surface area contributed by atoms with Crippen LogP contribution in [0.5, 0.6) is 0 Å². The van der Waals surface area contributed by atoms with Gasteiger partial charge >= 0.3 is 0 Å². The summed E-state index contributed by atoms with van der Waals surface area (Å²) in [5.41, 5.74) is 2.97. The number of hydrogen-bond donors (Lipinski definition) is 0. The monoisotopic (exact) mass is 469 g/mol. The van der Waals surface area contributed by atoms with Crippen LogP contribution in [0.25, 0.3) is 0 Å². The summed E-state index contributed by atoms with van der Waals surface area (Å²) in [6, 6.07) is 2.29. The predicted octanol–water partition coefficient (Wildman–Crippen LogP) is 4.77. The summed E-state index contributed by atoms with van der Waals surface area (Å²) < 4.78 is 11.3. The average molecular weight is 470 g/mol. The van der Waals surface area contributed by atoms with Gasteiger partial charge in [0.25, 0.3) is 5.91 Å². The van der Waals surface area contributed by atoms with Gasteiger partial charge in [0.05, 0.1) is 23.9 Å². The summed E-state index contributed by atoms with van der Waals surface area (Å²) in [7, 11) is 0. The van der Waals surface area contributed by atoms with Gasteiger partial charge in [-0.1, -0.05) is 34.1 Å². The fourth-order valence-corrected chi connectivity index (χ4v) is 4.24. The number of hydrogen-bond acceptors (Lipinski definition) is 7. The molecule has 0 aromatic carbocycles. The van der Waals surface area contributed by atoms with Crippen LogP contribution in [0.1, 0.15) is 75.3 Å². The molecule has 0 spiro atoms. The van der Waals surface area contributed by atoms with Gasteiger partial charge < -0.3 is 19.0 Å². The van der Waals surface area contributed by atoms with E-state index in [2.05, 4.69) is 64.1 Å². The molecule has 2 aliphatic heterocycles. The highest BCUT2D eigenvalue weighted by Gasteiger charge is 2.36. The van der Waals surface area contributed by atoms with Gasteiger partial charge in [-0.05, 0) is 43.9 Å². The first-order valence-electron chi connectivity index (χ1n) is 12.0. The molecule has 0 radical (unpaired) electrons. The third-order valence-electron chi connectivity index (χ3n) is 6.02. The Balaban J connectivity index is 0.000000758. The molecule has 8 nitrogen and oxygen atoms in total. The van der Waals surface area contributed by atoms with E-state index in [1.165, 1.54) is 23.9 Å². The number of carbonyl (C=O) groups excluding carboxylic acids is 1. The highest BCUT2D eigenvalue weighted by molar-refractivity contribution is 5.92. The molecule has 0 saturated carbocycles. The van der Waals surface area contributed by atoms with Crippen LogP contribution in [-0.4, -0.2) is 52.1 Å². The number of aromatic nitrogens is 2. The molecule has 8 heteroatoms. The minimum absolute atomic E-state index is 0.0735. The molecule has 0 N–H and O–H groups in total. The Morgan fingerprint density at radius 1 is 1.24 bits per heavy atom. The Kier molecular flexibility index (Phi) is 9.63. The van der Waals surface area contributed by atoms with Crippen LogP contribution in [0.2, 0.25) is 0 Å². The average Bonchev–Trinajstić information content (AvgIpc) is 3.24. The van der Waals surface area contributed by atoms with E-state index >= 15 is 0 Å². The zero-order chi connectivity index (χ0) is 25.5. The molecule has 2 aromatic rings. The first-order chi connectivity index (χ1) is 16.2. The number of pyridine rings is 1. The Labute approximate surface area is 203 Å². The van der Waals surface area contributed by atoms with Crippen molar-refractivity contribution >= 4 is 11.7 Å². The minimum atomic E-state index is -0.147. The third-order valence-corrected chi connectivity index (χ3v) is 6.02. The van der Waals surface area contributed by atoms with E-state index in [4.69, 9.17) is 19.4 Å². The lowest BCUT2D eigenvalue weighted by atomic mass is 9.92. The standard InChI is InChI=1S/C22H30N4O3.C3H8.CHN/c1-14(2)18-11-25(6-7-26(18)21(27)20-15(3)24-13-28-20)19-8-16-9-22(4,5)29-12-17(16)10-23-19;1-3-2;1-2/h8,10,13-14,18H,6-7,9,11-12H2,1-5H3;3H2,1-2H3;1H/t18-;;/m0../s1. The zero-order valence-electron chi connectivity index (χ0n) is 21.7. The Morgan fingerprint density at radius 3 is 2.50 bits per heavy atom. The summed E-state index contributed by atoms with van der Waals surface area (Å²) >= 11 is 0. The summed E-state index contributed by atoms with van der Waals surface area (Å²) in [4.78, 5) is 26.1. The van der Waals surface area contributed by atoms with Crippen molar-refractivity contribution in [3.63, 3.8) is 0 Å². The van der Waals surface area contributed by atoms with Crippen LogP contribution in [0, 0.1) is 24.7 Å². The summed E-state index contributed by atoms with van der Waals surface area (Å²) in [6.45, 7) is 20.9. The lowest BCUT2D eigenvalue weighted by Crippen LogP contribution is -2.57. The van der Waals surface area contributed by atoms with Crippen LogP contribution in [0.4, 0.5) is 5.82 Å². The number of aryl methyl sites for hydroxylation is 1. The molecule has 2 aromatic heterocycles. The lowest BCUT2D eigenvalue weighted by molar-refractivity contribution is -0.0402. The number of rotatable bonds is 3. The van der Waals surface area contributed by atoms with E-state index in [1.54, 1.807) is 6.92 Å². The number of anilines is 1. The molecule has 1 saturated heterocycles. The van der Waals surface area contributed by atoms with Crippen LogP contribution in [0.15, 0.2) is 23.1 Å². The van der Waals surface area contributed by atoms with Gasteiger partial charge in [0, 0.05) is 38.8 Å². The molecular formula is C26H39N5O3. The first-order valence-corrected chi connectivity index (χ1v) is 12.0. The Hall–Kier alpha value is -2.92. The van der Waals surface area contributed by atoms with E-state index in [0.29, 0.717) is 30.5 Å². The van der Waals surface area contributed by atoms with Crippen LogP contribution < -0.4 is 4.90 Å². The largest absolute Gasteiger partial charge is 0.438 e. The Bertz CT molecular complexity index is 966. The van der Waals surface area contributed by atoms with Crippen molar-refractivity contribution in [1.29, 1.82) is 5.26 Å². The van der Waals surface area contributed by atoms with Gasteiger partial charge in [-0.3, -0.25) is 4.79 Å². The van der Waals surface area contributed by atoms with Gasteiger partial charge in [-0.15, -0.1) is 0 Å².